The first-order chi connectivity index (χ1) is 11.9. The Kier molecular flexibility index (Phi) is 6.38. The standard InChI is InChI=1S/C19H32N2O4S/c1-18(2,3)26(23,24)16-8-6-15(7-9-16)25-19(4,5)17(22)14-21-12-10-20-11-13-21/h6-9,17,20,22H,10-14H2,1-5H3. The minimum atomic E-state index is -3.39. The van der Waals surface area contributed by atoms with Crippen molar-refractivity contribution >= 4 is 9.84 Å². The molecular weight excluding hydrogens is 352 g/mol. The number of piperazine rings is 1. The van der Waals surface area contributed by atoms with Crippen LogP contribution in [0.15, 0.2) is 29.2 Å². The van der Waals surface area contributed by atoms with Crippen molar-refractivity contribution in [1.29, 1.82) is 0 Å². The van der Waals surface area contributed by atoms with Gasteiger partial charge in [0, 0.05) is 32.7 Å². The Morgan fingerprint density at radius 1 is 1.12 bits per heavy atom. The lowest BCUT2D eigenvalue weighted by Gasteiger charge is -2.36. The van der Waals surface area contributed by atoms with Gasteiger partial charge in [-0.25, -0.2) is 8.42 Å². The van der Waals surface area contributed by atoms with E-state index < -0.39 is 26.3 Å². The zero-order valence-corrected chi connectivity index (χ0v) is 17.3. The van der Waals surface area contributed by atoms with Crippen LogP contribution in [0.5, 0.6) is 5.75 Å². The summed E-state index contributed by atoms with van der Waals surface area (Å²) in [6, 6.07) is 6.43. The minimum Gasteiger partial charge on any atom is -0.485 e. The molecular formula is C19H32N2O4S. The molecule has 2 N–H and O–H groups in total. The van der Waals surface area contributed by atoms with Gasteiger partial charge in [0.15, 0.2) is 9.84 Å². The molecule has 1 heterocycles. The van der Waals surface area contributed by atoms with E-state index in [1.165, 1.54) is 0 Å². The van der Waals surface area contributed by atoms with E-state index in [0.29, 0.717) is 12.3 Å². The monoisotopic (exact) mass is 384 g/mol. The Morgan fingerprint density at radius 3 is 2.15 bits per heavy atom. The van der Waals surface area contributed by atoms with Crippen molar-refractivity contribution in [2.75, 3.05) is 32.7 Å². The Bertz CT molecular complexity index is 687. The number of hydrogen-bond acceptors (Lipinski definition) is 6. The van der Waals surface area contributed by atoms with Crippen molar-refractivity contribution < 1.29 is 18.3 Å². The Labute approximate surface area is 157 Å². The molecule has 1 aliphatic rings. The highest BCUT2D eigenvalue weighted by atomic mass is 32.2. The predicted molar refractivity (Wildman–Crippen MR) is 103 cm³/mol. The van der Waals surface area contributed by atoms with Crippen LogP contribution in [0.2, 0.25) is 0 Å². The molecule has 1 aromatic carbocycles. The van der Waals surface area contributed by atoms with Gasteiger partial charge in [-0.05, 0) is 58.9 Å². The number of aliphatic hydroxyl groups is 1. The van der Waals surface area contributed by atoms with Gasteiger partial charge in [0.25, 0.3) is 0 Å². The summed E-state index contributed by atoms with van der Waals surface area (Å²) in [6.45, 7) is 13.0. The number of nitrogens with zero attached hydrogens (tertiary/aromatic N) is 1. The van der Waals surface area contributed by atoms with Crippen molar-refractivity contribution in [2.24, 2.45) is 0 Å². The number of aliphatic hydroxyl groups excluding tert-OH is 1. The van der Waals surface area contributed by atoms with Crippen LogP contribution in [0.4, 0.5) is 0 Å². The van der Waals surface area contributed by atoms with Crippen molar-refractivity contribution in [2.45, 2.75) is 56.0 Å². The van der Waals surface area contributed by atoms with E-state index in [1.54, 1.807) is 45.0 Å². The zero-order valence-electron chi connectivity index (χ0n) is 16.4. The summed E-state index contributed by atoms with van der Waals surface area (Å²) < 4.78 is 30.1. The Morgan fingerprint density at radius 2 is 1.65 bits per heavy atom. The molecule has 0 radical (unpaired) electrons. The summed E-state index contributed by atoms with van der Waals surface area (Å²) in [5, 5.41) is 13.9. The normalized spacial score (nSPS) is 18.5. The minimum absolute atomic E-state index is 0.275. The van der Waals surface area contributed by atoms with Gasteiger partial charge in [0.05, 0.1) is 9.64 Å². The highest BCUT2D eigenvalue weighted by Crippen LogP contribution is 2.28. The van der Waals surface area contributed by atoms with Crippen LogP contribution >= 0.6 is 0 Å². The molecule has 6 nitrogen and oxygen atoms in total. The average molecular weight is 385 g/mol. The Balaban J connectivity index is 2.04. The highest BCUT2D eigenvalue weighted by Gasteiger charge is 2.33. The quantitative estimate of drug-likeness (QED) is 0.777. The molecule has 0 aromatic heterocycles. The van der Waals surface area contributed by atoms with E-state index in [1.807, 2.05) is 13.8 Å². The average Bonchev–Trinajstić information content (AvgIpc) is 2.55. The van der Waals surface area contributed by atoms with Crippen molar-refractivity contribution in [3.05, 3.63) is 24.3 Å². The van der Waals surface area contributed by atoms with Gasteiger partial charge >= 0.3 is 0 Å². The van der Waals surface area contributed by atoms with Crippen LogP contribution in [0.1, 0.15) is 34.6 Å². The fraction of sp³-hybridized carbons (Fsp3) is 0.684. The first kappa shape index (κ1) is 21.2. The van der Waals surface area contributed by atoms with Gasteiger partial charge < -0.3 is 15.2 Å². The van der Waals surface area contributed by atoms with Crippen molar-refractivity contribution in [3.8, 4) is 5.75 Å². The number of β-amino-alcohol motifs (C(OH)–C–C–N with tert-alkyl or cyclic N) is 1. The second kappa shape index (κ2) is 7.84. The topological polar surface area (TPSA) is 78.9 Å². The number of rotatable bonds is 6. The van der Waals surface area contributed by atoms with Crippen LogP contribution in [0, 0.1) is 0 Å². The van der Waals surface area contributed by atoms with E-state index in [0.717, 1.165) is 26.2 Å². The molecule has 1 atom stereocenters. The second-order valence-corrected chi connectivity index (χ2v) is 11.1. The predicted octanol–water partition coefficient (Wildman–Crippen LogP) is 1.68. The van der Waals surface area contributed by atoms with Crippen LogP contribution in [0.3, 0.4) is 0 Å². The molecule has 1 aliphatic heterocycles. The largest absolute Gasteiger partial charge is 0.485 e. The molecule has 0 spiro atoms. The summed E-state index contributed by atoms with van der Waals surface area (Å²) in [4.78, 5) is 2.49. The maximum atomic E-state index is 12.5. The molecule has 1 aromatic rings. The lowest BCUT2D eigenvalue weighted by Crippen LogP contribution is -2.52. The summed E-state index contributed by atoms with van der Waals surface area (Å²) in [5.74, 6) is 0.544. The fourth-order valence-electron chi connectivity index (χ4n) is 2.77. The van der Waals surface area contributed by atoms with E-state index in [9.17, 15) is 13.5 Å². The van der Waals surface area contributed by atoms with Crippen LogP contribution in [0.25, 0.3) is 0 Å². The van der Waals surface area contributed by atoms with Crippen LogP contribution in [-0.2, 0) is 9.84 Å². The van der Waals surface area contributed by atoms with E-state index >= 15 is 0 Å². The fourth-order valence-corrected chi connectivity index (χ4v) is 3.97. The third-order valence-electron chi connectivity index (χ3n) is 4.76. The van der Waals surface area contributed by atoms with Gasteiger partial charge in [-0.2, -0.15) is 0 Å². The molecule has 1 saturated heterocycles. The van der Waals surface area contributed by atoms with Crippen LogP contribution in [-0.4, -0.2) is 67.6 Å². The third-order valence-corrected chi connectivity index (χ3v) is 7.27. The number of sulfone groups is 1. The van der Waals surface area contributed by atoms with Gasteiger partial charge in [0.1, 0.15) is 17.5 Å². The summed E-state index contributed by atoms with van der Waals surface area (Å²) in [5.41, 5.74) is -0.782. The molecule has 148 valence electrons. The van der Waals surface area contributed by atoms with E-state index in [-0.39, 0.29) is 4.90 Å². The van der Waals surface area contributed by atoms with Gasteiger partial charge in [0.2, 0.25) is 0 Å². The van der Waals surface area contributed by atoms with Gasteiger partial charge in [-0.15, -0.1) is 0 Å². The summed E-state index contributed by atoms with van der Waals surface area (Å²) >= 11 is 0. The number of nitrogens with one attached hydrogen (secondary N) is 1. The molecule has 7 heteroatoms. The van der Waals surface area contributed by atoms with Crippen LogP contribution < -0.4 is 10.1 Å². The maximum absolute atomic E-state index is 12.5. The molecule has 1 unspecified atom stereocenters. The molecule has 1 fully saturated rings. The third kappa shape index (κ3) is 4.97. The Hall–Kier alpha value is -1.15. The first-order valence-corrected chi connectivity index (χ1v) is 10.6. The summed E-state index contributed by atoms with van der Waals surface area (Å²) in [7, 11) is -3.39. The second-order valence-electron chi connectivity index (χ2n) is 8.36. The molecule has 2 rings (SSSR count). The molecule has 26 heavy (non-hydrogen) atoms. The molecule has 0 saturated carbocycles. The van der Waals surface area contributed by atoms with Gasteiger partial charge in [-0.1, -0.05) is 0 Å². The molecule has 0 aliphatic carbocycles. The number of benzene rings is 1. The van der Waals surface area contributed by atoms with Crippen molar-refractivity contribution in [1.82, 2.24) is 10.2 Å². The highest BCUT2D eigenvalue weighted by molar-refractivity contribution is 7.92. The lowest BCUT2D eigenvalue weighted by molar-refractivity contribution is -0.0456. The lowest BCUT2D eigenvalue weighted by atomic mass is 10.0. The van der Waals surface area contributed by atoms with E-state index in [2.05, 4.69) is 10.2 Å². The SMILES string of the molecule is CC(C)(Oc1ccc(S(=O)(=O)C(C)(C)C)cc1)C(O)CN1CCNCC1. The summed E-state index contributed by atoms with van der Waals surface area (Å²) in [6.07, 6.45) is -0.654. The number of hydrogen-bond donors (Lipinski definition) is 2. The first-order valence-electron chi connectivity index (χ1n) is 9.08. The number of ether oxygens (including phenoxy) is 1. The van der Waals surface area contributed by atoms with E-state index in [4.69, 9.17) is 4.74 Å². The zero-order chi connectivity index (χ0) is 19.6. The van der Waals surface area contributed by atoms with Crippen molar-refractivity contribution in [3.63, 3.8) is 0 Å². The molecule has 0 bridgehead atoms. The smallest absolute Gasteiger partial charge is 0.183 e. The maximum Gasteiger partial charge on any atom is 0.183 e. The van der Waals surface area contributed by atoms with Gasteiger partial charge in [-0.3, -0.25) is 4.90 Å². The molecule has 0 amide bonds.